The van der Waals surface area contributed by atoms with E-state index in [9.17, 15) is 4.79 Å². The van der Waals surface area contributed by atoms with Gasteiger partial charge in [0.15, 0.2) is 0 Å². The standard InChI is InChI=1S/C11H21ClN2O/c1-13(2)5-3-4-6-14-9-10(8-12)7-11(14)15/h10H,3-9H2,1-2H3. The highest BCUT2D eigenvalue weighted by Crippen LogP contribution is 2.19. The van der Waals surface area contributed by atoms with E-state index >= 15 is 0 Å². The summed E-state index contributed by atoms with van der Waals surface area (Å²) in [7, 11) is 4.15. The molecule has 0 aromatic rings. The zero-order valence-corrected chi connectivity index (χ0v) is 10.5. The van der Waals surface area contributed by atoms with Gasteiger partial charge in [0.05, 0.1) is 0 Å². The fraction of sp³-hybridized carbons (Fsp3) is 0.909. The van der Waals surface area contributed by atoms with Crippen molar-refractivity contribution in [2.75, 3.05) is 39.6 Å². The number of hydrogen-bond donors (Lipinski definition) is 0. The topological polar surface area (TPSA) is 23.6 Å². The highest BCUT2D eigenvalue weighted by atomic mass is 35.5. The van der Waals surface area contributed by atoms with Crippen molar-refractivity contribution in [1.29, 1.82) is 0 Å². The van der Waals surface area contributed by atoms with Gasteiger partial charge in [-0.3, -0.25) is 4.79 Å². The molecule has 1 atom stereocenters. The van der Waals surface area contributed by atoms with Gasteiger partial charge >= 0.3 is 0 Å². The van der Waals surface area contributed by atoms with Crippen molar-refractivity contribution in [2.45, 2.75) is 19.3 Å². The highest BCUT2D eigenvalue weighted by Gasteiger charge is 2.27. The van der Waals surface area contributed by atoms with E-state index in [-0.39, 0.29) is 5.91 Å². The molecule has 1 aliphatic heterocycles. The quantitative estimate of drug-likeness (QED) is 0.511. The monoisotopic (exact) mass is 232 g/mol. The molecule has 3 nitrogen and oxygen atoms in total. The molecule has 4 heteroatoms. The molecular formula is C11H21ClN2O. The van der Waals surface area contributed by atoms with Gasteiger partial charge in [-0.25, -0.2) is 0 Å². The third kappa shape index (κ3) is 4.39. The Morgan fingerprint density at radius 1 is 1.47 bits per heavy atom. The summed E-state index contributed by atoms with van der Waals surface area (Å²) in [4.78, 5) is 15.7. The fourth-order valence-corrected chi connectivity index (χ4v) is 2.11. The van der Waals surface area contributed by atoms with Crippen LogP contribution in [0.1, 0.15) is 19.3 Å². The molecule has 1 saturated heterocycles. The van der Waals surface area contributed by atoms with Crippen LogP contribution in [0.2, 0.25) is 0 Å². The van der Waals surface area contributed by atoms with Crippen LogP contribution in [0.4, 0.5) is 0 Å². The average molecular weight is 233 g/mol. The number of likely N-dealkylation sites (tertiary alicyclic amines) is 1. The van der Waals surface area contributed by atoms with Gasteiger partial charge in [-0.2, -0.15) is 0 Å². The van der Waals surface area contributed by atoms with Gasteiger partial charge in [0.25, 0.3) is 0 Å². The van der Waals surface area contributed by atoms with Gasteiger partial charge in [0, 0.05) is 25.4 Å². The summed E-state index contributed by atoms with van der Waals surface area (Å²) in [5, 5.41) is 0. The molecule has 1 unspecified atom stereocenters. The predicted octanol–water partition coefficient (Wildman–Crippen LogP) is 1.42. The maximum atomic E-state index is 11.5. The Balaban J connectivity index is 2.14. The lowest BCUT2D eigenvalue weighted by atomic mass is 10.1. The summed E-state index contributed by atoms with van der Waals surface area (Å²) in [6.45, 7) is 2.87. The summed E-state index contributed by atoms with van der Waals surface area (Å²) < 4.78 is 0. The van der Waals surface area contributed by atoms with Gasteiger partial charge < -0.3 is 9.80 Å². The molecule has 1 fully saturated rings. The van der Waals surface area contributed by atoms with Crippen molar-refractivity contribution in [3.63, 3.8) is 0 Å². The fourth-order valence-electron chi connectivity index (χ4n) is 1.90. The summed E-state index contributed by atoms with van der Waals surface area (Å²) in [5.41, 5.74) is 0. The lowest BCUT2D eigenvalue weighted by Gasteiger charge is -2.16. The lowest BCUT2D eigenvalue weighted by Crippen LogP contribution is -2.27. The largest absolute Gasteiger partial charge is 0.342 e. The third-order valence-electron chi connectivity index (χ3n) is 2.80. The van der Waals surface area contributed by atoms with E-state index in [0.29, 0.717) is 18.2 Å². The Labute approximate surface area is 97.4 Å². The molecule has 0 aromatic heterocycles. The molecule has 0 aromatic carbocycles. The summed E-state index contributed by atoms with van der Waals surface area (Å²) in [5.74, 6) is 1.28. The molecule has 1 rings (SSSR count). The minimum absolute atomic E-state index is 0.283. The van der Waals surface area contributed by atoms with E-state index < -0.39 is 0 Å². The second-order valence-electron chi connectivity index (χ2n) is 4.57. The van der Waals surface area contributed by atoms with Crippen LogP contribution < -0.4 is 0 Å². The van der Waals surface area contributed by atoms with E-state index in [2.05, 4.69) is 19.0 Å². The number of carbonyl (C=O) groups is 1. The average Bonchev–Trinajstić information content (AvgIpc) is 2.54. The second-order valence-corrected chi connectivity index (χ2v) is 4.88. The summed E-state index contributed by atoms with van der Waals surface area (Å²) >= 11 is 5.76. The normalized spacial score (nSPS) is 21.7. The Hall–Kier alpha value is -0.280. The van der Waals surface area contributed by atoms with Gasteiger partial charge in [-0.15, -0.1) is 11.6 Å². The van der Waals surface area contributed by atoms with Crippen molar-refractivity contribution >= 4 is 17.5 Å². The Morgan fingerprint density at radius 2 is 2.20 bits per heavy atom. The van der Waals surface area contributed by atoms with E-state index in [4.69, 9.17) is 11.6 Å². The number of halogens is 1. The van der Waals surface area contributed by atoms with Crippen molar-refractivity contribution in [3.8, 4) is 0 Å². The Kier molecular flexibility index (Phi) is 5.40. The zero-order valence-electron chi connectivity index (χ0n) is 9.71. The molecule has 15 heavy (non-hydrogen) atoms. The van der Waals surface area contributed by atoms with Crippen LogP contribution in [0.15, 0.2) is 0 Å². The van der Waals surface area contributed by atoms with E-state index in [1.54, 1.807) is 0 Å². The molecule has 0 saturated carbocycles. The van der Waals surface area contributed by atoms with Crippen molar-refractivity contribution < 1.29 is 4.79 Å². The molecule has 1 aliphatic rings. The lowest BCUT2D eigenvalue weighted by molar-refractivity contribution is -0.127. The minimum atomic E-state index is 0.283. The maximum Gasteiger partial charge on any atom is 0.222 e. The molecule has 0 radical (unpaired) electrons. The minimum Gasteiger partial charge on any atom is -0.342 e. The van der Waals surface area contributed by atoms with Gasteiger partial charge in [0.2, 0.25) is 5.91 Å². The summed E-state index contributed by atoms with van der Waals surface area (Å²) in [6, 6.07) is 0. The van der Waals surface area contributed by atoms with Crippen LogP contribution in [0.25, 0.3) is 0 Å². The first-order valence-corrected chi connectivity index (χ1v) is 6.15. The molecule has 1 amide bonds. The van der Waals surface area contributed by atoms with Gasteiger partial charge in [-0.05, 0) is 39.4 Å². The predicted molar refractivity (Wildman–Crippen MR) is 63.2 cm³/mol. The third-order valence-corrected chi connectivity index (χ3v) is 3.23. The molecule has 0 aliphatic carbocycles. The van der Waals surface area contributed by atoms with Crippen molar-refractivity contribution in [2.24, 2.45) is 5.92 Å². The first-order valence-electron chi connectivity index (χ1n) is 5.62. The van der Waals surface area contributed by atoms with Crippen LogP contribution >= 0.6 is 11.6 Å². The highest BCUT2D eigenvalue weighted by molar-refractivity contribution is 6.18. The first-order chi connectivity index (χ1) is 7.13. The molecular weight excluding hydrogens is 212 g/mol. The van der Waals surface area contributed by atoms with E-state index in [1.807, 2.05) is 4.90 Å². The number of unbranched alkanes of at least 4 members (excludes halogenated alkanes) is 1. The number of carbonyl (C=O) groups excluding carboxylic acids is 1. The Bertz CT molecular complexity index is 209. The number of hydrogen-bond acceptors (Lipinski definition) is 2. The number of amides is 1. The maximum absolute atomic E-state index is 11.5. The first kappa shape index (κ1) is 12.8. The second kappa shape index (κ2) is 6.33. The molecule has 88 valence electrons. The number of nitrogens with zero attached hydrogens (tertiary/aromatic N) is 2. The van der Waals surface area contributed by atoms with Gasteiger partial charge in [-0.1, -0.05) is 0 Å². The van der Waals surface area contributed by atoms with Crippen LogP contribution in [0.3, 0.4) is 0 Å². The van der Waals surface area contributed by atoms with E-state index in [1.165, 1.54) is 0 Å². The number of alkyl halides is 1. The molecule has 0 spiro atoms. The zero-order chi connectivity index (χ0) is 11.3. The smallest absolute Gasteiger partial charge is 0.222 e. The molecule has 0 bridgehead atoms. The Morgan fingerprint density at radius 3 is 2.73 bits per heavy atom. The molecule has 1 heterocycles. The van der Waals surface area contributed by atoms with Crippen molar-refractivity contribution in [1.82, 2.24) is 9.80 Å². The van der Waals surface area contributed by atoms with Crippen LogP contribution in [0, 0.1) is 5.92 Å². The SMILES string of the molecule is CN(C)CCCCN1CC(CCl)CC1=O. The van der Waals surface area contributed by atoms with Crippen LogP contribution in [0.5, 0.6) is 0 Å². The molecule has 0 N–H and O–H groups in total. The van der Waals surface area contributed by atoms with E-state index in [0.717, 1.165) is 32.5 Å². The number of rotatable bonds is 6. The summed E-state index contributed by atoms with van der Waals surface area (Å²) in [6.07, 6.45) is 2.90. The van der Waals surface area contributed by atoms with Crippen LogP contribution in [-0.2, 0) is 4.79 Å². The van der Waals surface area contributed by atoms with Crippen molar-refractivity contribution in [3.05, 3.63) is 0 Å². The van der Waals surface area contributed by atoms with Gasteiger partial charge in [0.1, 0.15) is 0 Å². The van der Waals surface area contributed by atoms with Crippen LogP contribution in [-0.4, -0.2) is 55.3 Å².